The van der Waals surface area contributed by atoms with Crippen LogP contribution in [0.3, 0.4) is 0 Å². The van der Waals surface area contributed by atoms with Gasteiger partial charge in [0.2, 0.25) is 0 Å². The number of halogens is 6. The molecule has 0 aromatic heterocycles. The second-order valence-electron chi connectivity index (χ2n) is 3.35. The summed E-state index contributed by atoms with van der Waals surface area (Å²) in [7, 11) is 0. The predicted octanol–water partition coefficient (Wildman–Crippen LogP) is 2.95. The molecule has 17 heavy (non-hydrogen) atoms. The van der Waals surface area contributed by atoms with Crippen LogP contribution in [0.25, 0.3) is 0 Å². The van der Waals surface area contributed by atoms with Crippen LogP contribution >= 0.6 is 0 Å². The fraction of sp³-hybridized carbons (Fsp3) is 0.556. The Labute approximate surface area is 93.2 Å². The molecule has 0 bridgehead atoms. The number of rotatable bonds is 4. The summed E-state index contributed by atoms with van der Waals surface area (Å²) in [6.45, 7) is 5.52. The van der Waals surface area contributed by atoms with Crippen LogP contribution < -0.4 is 0 Å². The Balaban J connectivity index is 5.01. The standard InChI is InChI=1S/C9H10F6O2/c1-5(2)6(3)17-4-7(16,8(10,11)12)9(13,14)15/h16H,1,3-4H2,2H3. The normalized spacial score (nSPS) is 13.4. The summed E-state index contributed by atoms with van der Waals surface area (Å²) < 4.78 is 77.0. The summed E-state index contributed by atoms with van der Waals surface area (Å²) in [6.07, 6.45) is -11.8. The van der Waals surface area contributed by atoms with E-state index >= 15 is 0 Å². The van der Waals surface area contributed by atoms with Crippen molar-refractivity contribution in [2.45, 2.75) is 24.9 Å². The Morgan fingerprint density at radius 3 is 1.65 bits per heavy atom. The zero-order valence-electron chi connectivity index (χ0n) is 8.74. The van der Waals surface area contributed by atoms with Gasteiger partial charge in [0, 0.05) is 0 Å². The molecule has 1 N–H and O–H groups in total. The van der Waals surface area contributed by atoms with E-state index in [4.69, 9.17) is 5.11 Å². The highest BCUT2D eigenvalue weighted by molar-refractivity contribution is 5.16. The lowest BCUT2D eigenvalue weighted by Crippen LogP contribution is -2.59. The fourth-order valence-corrected chi connectivity index (χ4v) is 0.639. The van der Waals surface area contributed by atoms with Gasteiger partial charge in [-0.25, -0.2) is 0 Å². The van der Waals surface area contributed by atoms with Crippen molar-refractivity contribution in [3.05, 3.63) is 24.5 Å². The molecular formula is C9H10F6O2. The molecule has 0 rings (SSSR count). The van der Waals surface area contributed by atoms with Gasteiger partial charge < -0.3 is 9.84 Å². The molecule has 0 heterocycles. The molecular weight excluding hydrogens is 254 g/mol. The first-order chi connectivity index (χ1) is 7.33. The number of aliphatic hydroxyl groups is 1. The number of hydrogen-bond acceptors (Lipinski definition) is 2. The monoisotopic (exact) mass is 264 g/mol. The van der Waals surface area contributed by atoms with E-state index in [1.807, 2.05) is 0 Å². The van der Waals surface area contributed by atoms with Crippen LogP contribution in [0.1, 0.15) is 6.92 Å². The van der Waals surface area contributed by atoms with Gasteiger partial charge in [-0.15, -0.1) is 0 Å². The van der Waals surface area contributed by atoms with Crippen LogP contribution in [0.5, 0.6) is 0 Å². The van der Waals surface area contributed by atoms with E-state index in [2.05, 4.69) is 17.9 Å². The van der Waals surface area contributed by atoms with Gasteiger partial charge in [-0.05, 0) is 12.5 Å². The Morgan fingerprint density at radius 1 is 1.06 bits per heavy atom. The van der Waals surface area contributed by atoms with Crippen LogP contribution in [0.4, 0.5) is 26.3 Å². The minimum atomic E-state index is -5.90. The van der Waals surface area contributed by atoms with E-state index in [0.717, 1.165) is 0 Å². The number of ether oxygens (including phenoxy) is 1. The van der Waals surface area contributed by atoms with Crippen LogP contribution in [0.15, 0.2) is 24.5 Å². The Morgan fingerprint density at radius 2 is 1.41 bits per heavy atom. The molecule has 0 aliphatic carbocycles. The largest absolute Gasteiger partial charge is 0.490 e. The molecule has 0 aliphatic rings. The molecule has 8 heteroatoms. The molecule has 0 fully saturated rings. The average molecular weight is 264 g/mol. The average Bonchev–Trinajstić information content (AvgIpc) is 2.09. The molecule has 0 spiro atoms. The van der Waals surface area contributed by atoms with Crippen molar-refractivity contribution in [3.63, 3.8) is 0 Å². The number of alkyl halides is 6. The van der Waals surface area contributed by atoms with E-state index < -0.39 is 30.3 Å². The zero-order chi connectivity index (χ0) is 14.1. The quantitative estimate of drug-likeness (QED) is 0.480. The van der Waals surface area contributed by atoms with Crippen molar-refractivity contribution < 1.29 is 36.2 Å². The third-order valence-electron chi connectivity index (χ3n) is 1.87. The molecule has 0 unspecified atom stereocenters. The van der Waals surface area contributed by atoms with Gasteiger partial charge in [0.1, 0.15) is 12.4 Å². The van der Waals surface area contributed by atoms with Gasteiger partial charge >= 0.3 is 12.4 Å². The molecule has 100 valence electrons. The second kappa shape index (κ2) is 4.59. The zero-order valence-corrected chi connectivity index (χ0v) is 8.74. The van der Waals surface area contributed by atoms with Crippen molar-refractivity contribution >= 4 is 0 Å². The first-order valence-corrected chi connectivity index (χ1v) is 4.16. The first-order valence-electron chi connectivity index (χ1n) is 4.16. The molecule has 0 atom stereocenters. The third kappa shape index (κ3) is 3.39. The number of hydrogen-bond donors (Lipinski definition) is 1. The van der Waals surface area contributed by atoms with Crippen molar-refractivity contribution in [2.75, 3.05) is 6.61 Å². The number of allylic oxidation sites excluding steroid dienone is 1. The maximum absolute atomic E-state index is 12.1. The third-order valence-corrected chi connectivity index (χ3v) is 1.87. The minimum Gasteiger partial charge on any atom is -0.490 e. The van der Waals surface area contributed by atoms with Crippen LogP contribution in [-0.4, -0.2) is 29.7 Å². The van der Waals surface area contributed by atoms with Crippen molar-refractivity contribution in [2.24, 2.45) is 0 Å². The Hall–Kier alpha value is -1.18. The van der Waals surface area contributed by atoms with Crippen LogP contribution in [0, 0.1) is 0 Å². The molecule has 0 amide bonds. The summed E-state index contributed by atoms with van der Waals surface area (Å²) in [4.78, 5) is 0. The summed E-state index contributed by atoms with van der Waals surface area (Å²) in [6, 6.07) is 0. The summed E-state index contributed by atoms with van der Waals surface area (Å²) in [5.74, 6) is -0.461. The van der Waals surface area contributed by atoms with Gasteiger partial charge in [-0.2, -0.15) is 26.3 Å². The molecule has 2 nitrogen and oxygen atoms in total. The second-order valence-corrected chi connectivity index (χ2v) is 3.35. The van der Waals surface area contributed by atoms with Crippen molar-refractivity contribution in [1.29, 1.82) is 0 Å². The van der Waals surface area contributed by atoms with Gasteiger partial charge in [0.05, 0.1) is 0 Å². The maximum atomic E-state index is 12.1. The van der Waals surface area contributed by atoms with Gasteiger partial charge in [-0.1, -0.05) is 13.2 Å². The summed E-state index contributed by atoms with van der Waals surface area (Å²) in [5.41, 5.74) is -4.88. The lowest BCUT2D eigenvalue weighted by molar-refractivity contribution is -0.376. The molecule has 0 radical (unpaired) electrons. The minimum absolute atomic E-state index is 0.0525. The highest BCUT2D eigenvalue weighted by atomic mass is 19.4. The smallest absolute Gasteiger partial charge is 0.429 e. The highest BCUT2D eigenvalue weighted by Crippen LogP contribution is 2.43. The van der Waals surface area contributed by atoms with E-state index in [9.17, 15) is 26.3 Å². The first kappa shape index (κ1) is 15.8. The molecule has 0 saturated carbocycles. The predicted molar refractivity (Wildman–Crippen MR) is 47.0 cm³/mol. The van der Waals surface area contributed by atoms with Crippen molar-refractivity contribution in [3.8, 4) is 0 Å². The van der Waals surface area contributed by atoms with Crippen LogP contribution in [0.2, 0.25) is 0 Å². The molecule has 0 aliphatic heterocycles. The maximum Gasteiger partial charge on any atom is 0.429 e. The lowest BCUT2D eigenvalue weighted by atomic mass is 10.0. The van der Waals surface area contributed by atoms with E-state index in [1.165, 1.54) is 6.92 Å². The molecule has 0 aromatic rings. The molecule has 0 saturated heterocycles. The van der Waals surface area contributed by atoms with Gasteiger partial charge in [0.25, 0.3) is 5.60 Å². The van der Waals surface area contributed by atoms with E-state index in [1.54, 1.807) is 0 Å². The van der Waals surface area contributed by atoms with Crippen LogP contribution in [-0.2, 0) is 4.74 Å². The summed E-state index contributed by atoms with van der Waals surface area (Å²) in [5, 5.41) is 8.67. The lowest BCUT2D eigenvalue weighted by Gasteiger charge is -2.32. The van der Waals surface area contributed by atoms with E-state index in [0.29, 0.717) is 0 Å². The Kier molecular flexibility index (Phi) is 4.28. The SMILES string of the molecule is C=C(C)C(=C)OCC(O)(C(F)(F)F)C(F)(F)F. The molecule has 0 aromatic carbocycles. The fourth-order valence-electron chi connectivity index (χ4n) is 0.639. The van der Waals surface area contributed by atoms with Gasteiger partial charge in [0.15, 0.2) is 0 Å². The van der Waals surface area contributed by atoms with Crippen molar-refractivity contribution in [1.82, 2.24) is 0 Å². The van der Waals surface area contributed by atoms with Gasteiger partial charge in [-0.3, -0.25) is 0 Å². The summed E-state index contributed by atoms with van der Waals surface area (Å²) >= 11 is 0. The van der Waals surface area contributed by atoms with E-state index in [-0.39, 0.29) is 5.57 Å². The Bertz CT molecular complexity index is 300. The highest BCUT2D eigenvalue weighted by Gasteiger charge is 2.71. The topological polar surface area (TPSA) is 29.5 Å².